The molecular weight excluding hydrogens is 316 g/mol. The van der Waals surface area contributed by atoms with E-state index >= 15 is 0 Å². The molecule has 0 N–H and O–H groups in total. The van der Waals surface area contributed by atoms with Gasteiger partial charge < -0.3 is 9.47 Å². The number of rotatable bonds is 3. The molecule has 0 saturated carbocycles. The second-order valence-electron chi connectivity index (χ2n) is 5.85. The Morgan fingerprint density at radius 1 is 0.800 bits per heavy atom. The molecule has 0 unspecified atom stereocenters. The SMILES string of the molecule is CC(=O)Oc1ccc(C)cc1-c1ccc2ccccc2c1OC(C)=O. The van der Waals surface area contributed by atoms with Crippen LogP contribution in [0, 0.1) is 6.92 Å². The number of carbonyl (C=O) groups is 2. The molecule has 0 atom stereocenters. The summed E-state index contributed by atoms with van der Waals surface area (Å²) in [6.07, 6.45) is 0. The van der Waals surface area contributed by atoms with Crippen molar-refractivity contribution in [2.75, 3.05) is 0 Å². The average Bonchev–Trinajstić information content (AvgIpc) is 2.56. The van der Waals surface area contributed by atoms with E-state index in [9.17, 15) is 9.59 Å². The lowest BCUT2D eigenvalue weighted by molar-refractivity contribution is -0.132. The maximum atomic E-state index is 11.7. The maximum absolute atomic E-state index is 11.7. The Morgan fingerprint density at radius 2 is 1.52 bits per heavy atom. The van der Waals surface area contributed by atoms with Crippen LogP contribution in [0.25, 0.3) is 21.9 Å². The molecule has 4 nitrogen and oxygen atoms in total. The van der Waals surface area contributed by atoms with Gasteiger partial charge in [-0.2, -0.15) is 0 Å². The monoisotopic (exact) mass is 334 g/mol. The number of ether oxygens (including phenoxy) is 2. The minimum absolute atomic E-state index is 0.403. The van der Waals surface area contributed by atoms with Gasteiger partial charge in [-0.1, -0.05) is 42.0 Å². The van der Waals surface area contributed by atoms with Crippen molar-refractivity contribution < 1.29 is 19.1 Å². The molecule has 0 heterocycles. The Balaban J connectivity index is 2.30. The molecule has 3 aromatic rings. The first-order valence-electron chi connectivity index (χ1n) is 7.95. The Morgan fingerprint density at radius 3 is 2.24 bits per heavy atom. The summed E-state index contributed by atoms with van der Waals surface area (Å²) in [5.41, 5.74) is 2.42. The van der Waals surface area contributed by atoms with Crippen molar-refractivity contribution in [3.63, 3.8) is 0 Å². The fourth-order valence-electron chi connectivity index (χ4n) is 2.81. The molecule has 4 heteroatoms. The molecule has 25 heavy (non-hydrogen) atoms. The quantitative estimate of drug-likeness (QED) is 0.516. The van der Waals surface area contributed by atoms with Crippen molar-refractivity contribution in [1.82, 2.24) is 0 Å². The fourth-order valence-corrected chi connectivity index (χ4v) is 2.81. The van der Waals surface area contributed by atoms with E-state index < -0.39 is 11.9 Å². The molecule has 0 amide bonds. The van der Waals surface area contributed by atoms with Gasteiger partial charge in [0.15, 0.2) is 0 Å². The van der Waals surface area contributed by atoms with Gasteiger partial charge in [-0.15, -0.1) is 0 Å². The lowest BCUT2D eigenvalue weighted by Gasteiger charge is -2.15. The van der Waals surface area contributed by atoms with Gasteiger partial charge >= 0.3 is 11.9 Å². The third-order valence-corrected chi connectivity index (χ3v) is 3.80. The van der Waals surface area contributed by atoms with Crippen molar-refractivity contribution in [3.05, 3.63) is 60.2 Å². The van der Waals surface area contributed by atoms with Crippen LogP contribution < -0.4 is 9.47 Å². The first kappa shape index (κ1) is 16.7. The second kappa shape index (κ2) is 6.77. The summed E-state index contributed by atoms with van der Waals surface area (Å²) < 4.78 is 10.9. The second-order valence-corrected chi connectivity index (χ2v) is 5.85. The summed E-state index contributed by atoms with van der Waals surface area (Å²) in [4.78, 5) is 23.1. The highest BCUT2D eigenvalue weighted by molar-refractivity contribution is 5.98. The van der Waals surface area contributed by atoms with Crippen LogP contribution in [-0.2, 0) is 9.59 Å². The molecule has 0 radical (unpaired) electrons. The lowest BCUT2D eigenvalue weighted by atomic mass is 9.97. The van der Waals surface area contributed by atoms with Crippen LogP contribution in [0.5, 0.6) is 11.5 Å². The Kier molecular flexibility index (Phi) is 4.52. The molecule has 0 fully saturated rings. The summed E-state index contributed by atoms with van der Waals surface area (Å²) in [7, 11) is 0. The smallest absolute Gasteiger partial charge is 0.308 e. The average molecular weight is 334 g/mol. The first-order chi connectivity index (χ1) is 12.0. The number of benzene rings is 3. The largest absolute Gasteiger partial charge is 0.426 e. The molecule has 0 saturated heterocycles. The molecule has 0 aromatic heterocycles. The summed E-state index contributed by atoms with van der Waals surface area (Å²) in [5, 5.41) is 1.79. The molecule has 0 bridgehead atoms. The van der Waals surface area contributed by atoms with Crippen molar-refractivity contribution in [3.8, 4) is 22.6 Å². The summed E-state index contributed by atoms with van der Waals surface area (Å²) in [6, 6.07) is 17.0. The highest BCUT2D eigenvalue weighted by atomic mass is 16.5. The van der Waals surface area contributed by atoms with Crippen LogP contribution in [0.2, 0.25) is 0 Å². The third kappa shape index (κ3) is 3.53. The van der Waals surface area contributed by atoms with E-state index in [0.717, 1.165) is 16.3 Å². The van der Waals surface area contributed by atoms with Gasteiger partial charge in [0.25, 0.3) is 0 Å². The Hall–Kier alpha value is -3.14. The molecule has 0 spiro atoms. The molecule has 0 aliphatic rings. The molecule has 126 valence electrons. The number of hydrogen-bond acceptors (Lipinski definition) is 4. The first-order valence-corrected chi connectivity index (χ1v) is 7.95. The van der Waals surface area contributed by atoms with E-state index in [-0.39, 0.29) is 0 Å². The van der Waals surface area contributed by atoms with Crippen LogP contribution >= 0.6 is 0 Å². The van der Waals surface area contributed by atoms with Crippen molar-refractivity contribution in [1.29, 1.82) is 0 Å². The number of fused-ring (bicyclic) bond motifs is 1. The van der Waals surface area contributed by atoms with Crippen molar-refractivity contribution >= 4 is 22.7 Å². The van der Waals surface area contributed by atoms with Crippen LogP contribution in [0.1, 0.15) is 19.4 Å². The van der Waals surface area contributed by atoms with Gasteiger partial charge in [0, 0.05) is 30.4 Å². The summed E-state index contributed by atoms with van der Waals surface area (Å²) in [6.45, 7) is 4.68. The summed E-state index contributed by atoms with van der Waals surface area (Å²) in [5.74, 6) is 0.0885. The normalized spacial score (nSPS) is 10.5. The highest BCUT2D eigenvalue weighted by Gasteiger charge is 2.17. The molecular formula is C21H18O4. The van der Waals surface area contributed by atoms with Gasteiger partial charge in [0.05, 0.1) is 0 Å². The summed E-state index contributed by atoms with van der Waals surface area (Å²) >= 11 is 0. The van der Waals surface area contributed by atoms with E-state index in [0.29, 0.717) is 22.6 Å². The number of hydrogen-bond donors (Lipinski definition) is 0. The number of esters is 2. The molecule has 3 aromatic carbocycles. The lowest BCUT2D eigenvalue weighted by Crippen LogP contribution is -2.05. The predicted octanol–water partition coefficient (Wildman–Crippen LogP) is 4.67. The zero-order valence-electron chi connectivity index (χ0n) is 14.3. The number of carbonyl (C=O) groups excluding carboxylic acids is 2. The van der Waals surface area contributed by atoms with E-state index in [1.54, 1.807) is 6.07 Å². The van der Waals surface area contributed by atoms with Crippen LogP contribution in [-0.4, -0.2) is 11.9 Å². The fraction of sp³-hybridized carbons (Fsp3) is 0.143. The van der Waals surface area contributed by atoms with E-state index in [1.807, 2.05) is 55.5 Å². The number of aryl methyl sites for hydroxylation is 1. The molecule has 0 aliphatic heterocycles. The highest BCUT2D eigenvalue weighted by Crippen LogP contribution is 2.41. The van der Waals surface area contributed by atoms with Gasteiger partial charge in [-0.05, 0) is 30.5 Å². The van der Waals surface area contributed by atoms with Gasteiger partial charge in [-0.25, -0.2) is 0 Å². The van der Waals surface area contributed by atoms with Crippen LogP contribution in [0.15, 0.2) is 54.6 Å². The van der Waals surface area contributed by atoms with Gasteiger partial charge in [0.1, 0.15) is 11.5 Å². The van der Waals surface area contributed by atoms with Gasteiger partial charge in [-0.3, -0.25) is 9.59 Å². The zero-order valence-corrected chi connectivity index (χ0v) is 14.3. The topological polar surface area (TPSA) is 52.6 Å². The molecule has 0 aliphatic carbocycles. The maximum Gasteiger partial charge on any atom is 0.308 e. The predicted molar refractivity (Wildman–Crippen MR) is 96.7 cm³/mol. The zero-order chi connectivity index (χ0) is 18.0. The van der Waals surface area contributed by atoms with E-state index in [1.165, 1.54) is 13.8 Å². The van der Waals surface area contributed by atoms with Crippen molar-refractivity contribution in [2.24, 2.45) is 0 Å². The van der Waals surface area contributed by atoms with Crippen LogP contribution in [0.4, 0.5) is 0 Å². The van der Waals surface area contributed by atoms with Crippen LogP contribution in [0.3, 0.4) is 0 Å². The molecule has 3 rings (SSSR count). The minimum atomic E-state index is -0.403. The van der Waals surface area contributed by atoms with E-state index in [2.05, 4.69) is 0 Å². The minimum Gasteiger partial charge on any atom is -0.426 e. The van der Waals surface area contributed by atoms with Gasteiger partial charge in [0.2, 0.25) is 0 Å². The Labute approximate surface area is 146 Å². The Bertz CT molecular complexity index is 973. The standard InChI is InChI=1S/C21H18O4/c1-13-8-11-20(24-14(2)22)19(12-13)18-10-9-16-6-4-5-7-17(16)21(18)25-15(3)23/h4-12H,1-3H3. The van der Waals surface area contributed by atoms with E-state index in [4.69, 9.17) is 9.47 Å². The third-order valence-electron chi connectivity index (χ3n) is 3.80. The van der Waals surface area contributed by atoms with Crippen molar-refractivity contribution in [2.45, 2.75) is 20.8 Å².